The minimum Gasteiger partial charge on any atom is -0.381 e. The molecule has 1 aromatic heterocycles. The topological polar surface area (TPSA) is 57.9 Å². The average Bonchev–Trinajstić information content (AvgIpc) is 2.48. The summed E-state index contributed by atoms with van der Waals surface area (Å²) in [5, 5.41) is 13.9. The minimum atomic E-state index is -0.0338. The highest BCUT2D eigenvalue weighted by molar-refractivity contribution is 5.94. The molecule has 1 N–H and O–H groups in total. The van der Waals surface area contributed by atoms with Crippen LogP contribution in [0.1, 0.15) is 25.3 Å². The molecule has 4 heteroatoms. The van der Waals surface area contributed by atoms with E-state index in [4.69, 9.17) is 4.74 Å². The first-order chi connectivity index (χ1) is 9.72. The molecule has 0 unspecified atom stereocenters. The highest BCUT2D eigenvalue weighted by Gasteiger charge is 2.28. The van der Waals surface area contributed by atoms with E-state index in [9.17, 15) is 5.26 Å². The molecular weight excluding hydrogens is 250 g/mol. The number of nitrogens with zero attached hydrogens (tertiary/aromatic N) is 2. The number of nitriles is 1. The van der Waals surface area contributed by atoms with Gasteiger partial charge in [0.1, 0.15) is 6.07 Å². The molecule has 0 atom stereocenters. The lowest BCUT2D eigenvalue weighted by molar-refractivity contribution is 0.0658. The van der Waals surface area contributed by atoms with Crippen LogP contribution in [0, 0.1) is 11.3 Å². The Kier molecular flexibility index (Phi) is 3.29. The fraction of sp³-hybridized carbons (Fsp3) is 0.375. The maximum Gasteiger partial charge on any atom is 0.103 e. The van der Waals surface area contributed by atoms with Gasteiger partial charge in [-0.1, -0.05) is 18.2 Å². The lowest BCUT2D eigenvalue weighted by Gasteiger charge is -2.36. The van der Waals surface area contributed by atoms with Crippen molar-refractivity contribution >= 4 is 16.6 Å². The van der Waals surface area contributed by atoms with Gasteiger partial charge < -0.3 is 10.1 Å². The number of aromatic nitrogens is 1. The summed E-state index contributed by atoms with van der Waals surface area (Å²) >= 11 is 0. The highest BCUT2D eigenvalue weighted by Crippen LogP contribution is 2.31. The number of hydrogen-bond donors (Lipinski definition) is 1. The molecular formula is C16H17N3O. The molecule has 1 aliphatic heterocycles. The second-order valence-corrected chi connectivity index (χ2v) is 5.47. The Labute approximate surface area is 118 Å². The molecule has 1 fully saturated rings. The van der Waals surface area contributed by atoms with Crippen molar-refractivity contribution in [1.29, 1.82) is 5.26 Å². The van der Waals surface area contributed by atoms with E-state index in [1.807, 2.05) is 24.3 Å². The van der Waals surface area contributed by atoms with Gasteiger partial charge in [0.2, 0.25) is 0 Å². The molecule has 0 amide bonds. The van der Waals surface area contributed by atoms with Crippen LogP contribution in [0.3, 0.4) is 0 Å². The standard InChI is InChI=1S/C16H17N3O/c1-16(6-8-20-9-7-16)19-15-12(10-17)11-18-14-5-3-2-4-13(14)15/h2-5,11H,6-9H2,1H3,(H,18,19). The van der Waals surface area contributed by atoms with Gasteiger partial charge in [-0.3, -0.25) is 4.98 Å². The van der Waals surface area contributed by atoms with Crippen molar-refractivity contribution in [2.75, 3.05) is 18.5 Å². The molecule has 102 valence electrons. The molecule has 1 aromatic carbocycles. The fourth-order valence-electron chi connectivity index (χ4n) is 2.61. The monoisotopic (exact) mass is 267 g/mol. The van der Waals surface area contributed by atoms with Gasteiger partial charge in [-0.25, -0.2) is 0 Å². The molecule has 20 heavy (non-hydrogen) atoms. The van der Waals surface area contributed by atoms with E-state index in [2.05, 4.69) is 23.3 Å². The van der Waals surface area contributed by atoms with E-state index in [1.54, 1.807) is 6.20 Å². The van der Waals surface area contributed by atoms with Crippen LogP contribution < -0.4 is 5.32 Å². The van der Waals surface area contributed by atoms with E-state index in [0.717, 1.165) is 42.6 Å². The zero-order valence-corrected chi connectivity index (χ0v) is 11.5. The number of anilines is 1. The van der Waals surface area contributed by atoms with Crippen LogP contribution in [-0.2, 0) is 4.74 Å². The van der Waals surface area contributed by atoms with E-state index >= 15 is 0 Å². The average molecular weight is 267 g/mol. The van der Waals surface area contributed by atoms with Crippen LogP contribution >= 0.6 is 0 Å². The fourth-order valence-corrected chi connectivity index (χ4v) is 2.61. The molecule has 1 aliphatic rings. The number of para-hydroxylation sites is 1. The summed E-state index contributed by atoms with van der Waals surface area (Å²) in [6.07, 6.45) is 3.52. The number of benzene rings is 1. The maximum absolute atomic E-state index is 9.34. The Morgan fingerprint density at radius 2 is 2.05 bits per heavy atom. The van der Waals surface area contributed by atoms with Crippen molar-refractivity contribution in [2.45, 2.75) is 25.3 Å². The van der Waals surface area contributed by atoms with Crippen LogP contribution in [0.4, 0.5) is 5.69 Å². The van der Waals surface area contributed by atoms with E-state index < -0.39 is 0 Å². The van der Waals surface area contributed by atoms with Gasteiger partial charge in [0.25, 0.3) is 0 Å². The van der Waals surface area contributed by atoms with Crippen molar-refractivity contribution in [3.8, 4) is 6.07 Å². The number of pyridine rings is 1. The zero-order chi connectivity index (χ0) is 14.0. The molecule has 3 rings (SSSR count). The first-order valence-corrected chi connectivity index (χ1v) is 6.86. The Morgan fingerprint density at radius 3 is 2.80 bits per heavy atom. The molecule has 1 saturated heterocycles. The molecule has 0 radical (unpaired) electrons. The lowest BCUT2D eigenvalue weighted by Crippen LogP contribution is -2.40. The van der Waals surface area contributed by atoms with Crippen LogP contribution in [0.2, 0.25) is 0 Å². The summed E-state index contributed by atoms with van der Waals surface area (Å²) in [5.41, 5.74) is 2.36. The van der Waals surface area contributed by atoms with E-state index in [-0.39, 0.29) is 5.54 Å². The van der Waals surface area contributed by atoms with Crippen LogP contribution in [0.15, 0.2) is 30.5 Å². The Balaban J connectivity index is 2.07. The number of nitrogens with one attached hydrogen (secondary N) is 1. The van der Waals surface area contributed by atoms with E-state index in [0.29, 0.717) is 5.56 Å². The number of ether oxygens (including phenoxy) is 1. The van der Waals surface area contributed by atoms with Crippen molar-refractivity contribution in [3.05, 3.63) is 36.0 Å². The van der Waals surface area contributed by atoms with Gasteiger partial charge in [0.15, 0.2) is 0 Å². The largest absolute Gasteiger partial charge is 0.381 e. The zero-order valence-electron chi connectivity index (χ0n) is 11.5. The maximum atomic E-state index is 9.34. The number of rotatable bonds is 2. The van der Waals surface area contributed by atoms with Crippen LogP contribution in [0.5, 0.6) is 0 Å². The third kappa shape index (κ3) is 2.33. The van der Waals surface area contributed by atoms with Gasteiger partial charge >= 0.3 is 0 Å². The molecule has 0 spiro atoms. The number of fused-ring (bicyclic) bond motifs is 1. The summed E-state index contributed by atoms with van der Waals surface area (Å²) in [6, 6.07) is 10.1. The quantitative estimate of drug-likeness (QED) is 0.908. The van der Waals surface area contributed by atoms with Crippen molar-refractivity contribution < 1.29 is 4.74 Å². The predicted octanol–water partition coefficient (Wildman–Crippen LogP) is 3.09. The summed E-state index contributed by atoms with van der Waals surface area (Å²) in [4.78, 5) is 4.34. The molecule has 0 bridgehead atoms. The molecule has 4 nitrogen and oxygen atoms in total. The van der Waals surface area contributed by atoms with Gasteiger partial charge in [-0.05, 0) is 25.8 Å². The van der Waals surface area contributed by atoms with Crippen molar-refractivity contribution in [3.63, 3.8) is 0 Å². The normalized spacial score (nSPS) is 17.6. The van der Waals surface area contributed by atoms with E-state index in [1.165, 1.54) is 0 Å². The molecule has 2 aromatic rings. The summed E-state index contributed by atoms with van der Waals surface area (Å²) in [7, 11) is 0. The highest BCUT2D eigenvalue weighted by atomic mass is 16.5. The van der Waals surface area contributed by atoms with Crippen molar-refractivity contribution in [2.24, 2.45) is 0 Å². The first-order valence-electron chi connectivity index (χ1n) is 6.86. The Morgan fingerprint density at radius 1 is 1.30 bits per heavy atom. The molecule has 0 aliphatic carbocycles. The minimum absolute atomic E-state index is 0.0338. The third-order valence-electron chi connectivity index (χ3n) is 3.92. The SMILES string of the molecule is CC1(Nc2c(C#N)cnc3ccccc23)CCOCC1. The second kappa shape index (κ2) is 5.10. The van der Waals surface area contributed by atoms with Crippen LogP contribution in [0.25, 0.3) is 10.9 Å². The van der Waals surface area contributed by atoms with Crippen LogP contribution in [-0.4, -0.2) is 23.7 Å². The van der Waals surface area contributed by atoms with Gasteiger partial charge in [-0.2, -0.15) is 5.26 Å². The lowest BCUT2D eigenvalue weighted by atomic mass is 9.91. The second-order valence-electron chi connectivity index (χ2n) is 5.47. The Bertz CT molecular complexity index is 669. The summed E-state index contributed by atoms with van der Waals surface area (Å²) in [6.45, 7) is 3.70. The van der Waals surface area contributed by atoms with Gasteiger partial charge in [0.05, 0.1) is 16.8 Å². The summed E-state index contributed by atoms with van der Waals surface area (Å²) in [5.74, 6) is 0. The Hall–Kier alpha value is -2.12. The smallest absolute Gasteiger partial charge is 0.103 e. The van der Waals surface area contributed by atoms with Gasteiger partial charge in [0, 0.05) is 30.3 Å². The van der Waals surface area contributed by atoms with Gasteiger partial charge in [-0.15, -0.1) is 0 Å². The number of hydrogen-bond acceptors (Lipinski definition) is 4. The summed E-state index contributed by atoms with van der Waals surface area (Å²) < 4.78 is 5.43. The first kappa shape index (κ1) is 12.9. The predicted molar refractivity (Wildman–Crippen MR) is 78.5 cm³/mol. The van der Waals surface area contributed by atoms with Crippen molar-refractivity contribution in [1.82, 2.24) is 4.98 Å². The molecule has 2 heterocycles. The third-order valence-corrected chi connectivity index (χ3v) is 3.92. The molecule has 0 saturated carbocycles.